The summed E-state index contributed by atoms with van der Waals surface area (Å²) in [4.78, 5) is 34.9. The SMILES string of the molecule is CN(CC(=O)NC1CC1)C(=O)NCCCCCCC(=O)O. The van der Waals surface area contributed by atoms with Crippen molar-refractivity contribution >= 4 is 17.9 Å². The summed E-state index contributed by atoms with van der Waals surface area (Å²) in [6, 6.07) is 0.0475. The van der Waals surface area contributed by atoms with Gasteiger partial charge in [-0.3, -0.25) is 9.59 Å². The lowest BCUT2D eigenvalue weighted by Gasteiger charge is -2.17. The minimum absolute atomic E-state index is 0.0704. The smallest absolute Gasteiger partial charge is 0.317 e. The molecule has 0 radical (unpaired) electrons. The number of nitrogens with zero attached hydrogens (tertiary/aromatic N) is 1. The van der Waals surface area contributed by atoms with E-state index in [2.05, 4.69) is 10.6 Å². The van der Waals surface area contributed by atoms with Crippen LogP contribution in [0.4, 0.5) is 4.79 Å². The van der Waals surface area contributed by atoms with E-state index in [-0.39, 0.29) is 24.9 Å². The normalized spacial score (nSPS) is 13.6. The first kappa shape index (κ1) is 17.3. The van der Waals surface area contributed by atoms with E-state index >= 15 is 0 Å². The van der Waals surface area contributed by atoms with E-state index in [0.717, 1.165) is 32.1 Å². The highest BCUT2D eigenvalue weighted by molar-refractivity contribution is 5.84. The van der Waals surface area contributed by atoms with Gasteiger partial charge in [-0.1, -0.05) is 12.8 Å². The lowest BCUT2D eigenvalue weighted by Crippen LogP contribution is -2.44. The lowest BCUT2D eigenvalue weighted by atomic mass is 10.1. The van der Waals surface area contributed by atoms with Crippen LogP contribution in [0.3, 0.4) is 0 Å². The molecule has 0 spiro atoms. The van der Waals surface area contributed by atoms with Crippen LogP contribution < -0.4 is 10.6 Å². The van der Waals surface area contributed by atoms with Gasteiger partial charge in [-0.15, -0.1) is 0 Å². The second kappa shape index (κ2) is 9.20. The zero-order valence-electron chi connectivity index (χ0n) is 12.6. The molecule has 3 N–H and O–H groups in total. The standard InChI is InChI=1S/C14H25N3O4/c1-17(10-12(18)16-11-7-8-11)14(21)15-9-5-3-2-4-6-13(19)20/h11H,2-10H2,1H3,(H,15,21)(H,16,18)(H,19,20). The fraction of sp³-hybridized carbons (Fsp3) is 0.786. The molecule has 0 aromatic rings. The van der Waals surface area contributed by atoms with Gasteiger partial charge < -0.3 is 20.6 Å². The molecule has 1 aliphatic rings. The van der Waals surface area contributed by atoms with E-state index in [9.17, 15) is 14.4 Å². The zero-order chi connectivity index (χ0) is 15.7. The van der Waals surface area contributed by atoms with Crippen molar-refractivity contribution in [3.05, 3.63) is 0 Å². The second-order valence-electron chi connectivity index (χ2n) is 5.49. The Morgan fingerprint density at radius 1 is 1.14 bits per heavy atom. The number of carboxylic acid groups (broad SMARTS) is 1. The van der Waals surface area contributed by atoms with Crippen molar-refractivity contribution in [3.63, 3.8) is 0 Å². The van der Waals surface area contributed by atoms with E-state index in [0.29, 0.717) is 19.0 Å². The number of hydrogen-bond acceptors (Lipinski definition) is 3. The van der Waals surface area contributed by atoms with Gasteiger partial charge in [-0.05, 0) is 25.7 Å². The van der Waals surface area contributed by atoms with Crippen molar-refractivity contribution in [2.45, 2.75) is 51.0 Å². The molecule has 0 aromatic heterocycles. The van der Waals surface area contributed by atoms with Crippen LogP contribution in [0.1, 0.15) is 44.9 Å². The molecule has 0 unspecified atom stereocenters. The highest BCUT2D eigenvalue weighted by atomic mass is 16.4. The van der Waals surface area contributed by atoms with Crippen molar-refractivity contribution in [2.24, 2.45) is 0 Å². The van der Waals surface area contributed by atoms with Gasteiger partial charge in [0.25, 0.3) is 0 Å². The van der Waals surface area contributed by atoms with Crippen molar-refractivity contribution in [1.82, 2.24) is 15.5 Å². The molecule has 0 heterocycles. The maximum atomic E-state index is 11.7. The third-order valence-corrected chi connectivity index (χ3v) is 3.26. The van der Waals surface area contributed by atoms with Gasteiger partial charge in [0.1, 0.15) is 6.54 Å². The first-order valence-corrected chi connectivity index (χ1v) is 7.49. The molecule has 0 atom stereocenters. The highest BCUT2D eigenvalue weighted by Crippen LogP contribution is 2.18. The average Bonchev–Trinajstić information content (AvgIpc) is 3.20. The summed E-state index contributed by atoms with van der Waals surface area (Å²) in [5, 5.41) is 14.1. The predicted molar refractivity (Wildman–Crippen MR) is 77.9 cm³/mol. The maximum absolute atomic E-state index is 11.7. The largest absolute Gasteiger partial charge is 0.481 e. The molecule has 0 aliphatic heterocycles. The van der Waals surface area contributed by atoms with Crippen molar-refractivity contribution < 1.29 is 19.5 Å². The van der Waals surface area contributed by atoms with E-state index in [1.807, 2.05) is 0 Å². The highest BCUT2D eigenvalue weighted by Gasteiger charge is 2.24. The number of aliphatic carboxylic acids is 1. The minimum atomic E-state index is -0.769. The van der Waals surface area contributed by atoms with E-state index in [1.54, 1.807) is 7.05 Å². The summed E-state index contributed by atoms with van der Waals surface area (Å²) in [6.45, 7) is 0.613. The summed E-state index contributed by atoms with van der Waals surface area (Å²) >= 11 is 0. The first-order valence-electron chi connectivity index (χ1n) is 7.49. The first-order chi connectivity index (χ1) is 9.99. The number of carbonyl (C=O) groups is 3. The van der Waals surface area contributed by atoms with Gasteiger partial charge in [0.2, 0.25) is 5.91 Å². The number of urea groups is 1. The Bertz CT molecular complexity index is 369. The third kappa shape index (κ3) is 8.88. The average molecular weight is 299 g/mol. The molecule has 3 amide bonds. The summed E-state index contributed by atoms with van der Waals surface area (Å²) in [6.07, 6.45) is 5.48. The van der Waals surface area contributed by atoms with Crippen molar-refractivity contribution in [3.8, 4) is 0 Å². The Morgan fingerprint density at radius 3 is 2.43 bits per heavy atom. The van der Waals surface area contributed by atoms with Crippen LogP contribution in [-0.4, -0.2) is 54.1 Å². The zero-order valence-corrected chi connectivity index (χ0v) is 12.6. The molecule has 0 aromatic carbocycles. The van der Waals surface area contributed by atoms with Gasteiger partial charge in [-0.25, -0.2) is 4.79 Å². The fourth-order valence-electron chi connectivity index (χ4n) is 1.87. The predicted octanol–water partition coefficient (Wildman–Crippen LogP) is 0.941. The molecule has 0 bridgehead atoms. The Morgan fingerprint density at radius 2 is 1.81 bits per heavy atom. The van der Waals surface area contributed by atoms with Crippen LogP contribution in [-0.2, 0) is 9.59 Å². The van der Waals surface area contributed by atoms with E-state index < -0.39 is 5.97 Å². The Kier molecular flexibility index (Phi) is 7.56. The maximum Gasteiger partial charge on any atom is 0.317 e. The van der Waals surface area contributed by atoms with Gasteiger partial charge in [0.15, 0.2) is 0 Å². The number of unbranched alkanes of at least 4 members (excludes halogenated alkanes) is 3. The molecular weight excluding hydrogens is 274 g/mol. The van der Waals surface area contributed by atoms with Crippen LogP contribution in [0.5, 0.6) is 0 Å². The number of rotatable bonds is 10. The quantitative estimate of drug-likeness (QED) is 0.523. The van der Waals surface area contributed by atoms with Crippen LogP contribution in [0.25, 0.3) is 0 Å². The number of likely N-dealkylation sites (N-methyl/N-ethyl adjacent to an activating group) is 1. The van der Waals surface area contributed by atoms with Crippen LogP contribution in [0.2, 0.25) is 0 Å². The van der Waals surface area contributed by atoms with Gasteiger partial charge in [0, 0.05) is 26.1 Å². The summed E-state index contributed by atoms with van der Waals surface area (Å²) in [7, 11) is 1.59. The Hall–Kier alpha value is -1.79. The number of carbonyl (C=O) groups excluding carboxylic acids is 2. The summed E-state index contributed by atoms with van der Waals surface area (Å²) < 4.78 is 0. The second-order valence-corrected chi connectivity index (χ2v) is 5.49. The molecule has 1 rings (SSSR count). The molecule has 21 heavy (non-hydrogen) atoms. The molecular formula is C14H25N3O4. The molecule has 120 valence electrons. The van der Waals surface area contributed by atoms with E-state index in [1.165, 1.54) is 4.90 Å². The van der Waals surface area contributed by atoms with Gasteiger partial charge in [0.05, 0.1) is 0 Å². The summed E-state index contributed by atoms with van der Waals surface area (Å²) in [5.41, 5.74) is 0. The molecule has 7 heteroatoms. The number of amides is 3. The fourth-order valence-corrected chi connectivity index (χ4v) is 1.87. The molecule has 0 saturated heterocycles. The number of nitrogens with one attached hydrogen (secondary N) is 2. The van der Waals surface area contributed by atoms with Crippen molar-refractivity contribution in [2.75, 3.05) is 20.1 Å². The number of carboxylic acids is 1. The monoisotopic (exact) mass is 299 g/mol. The van der Waals surface area contributed by atoms with E-state index in [4.69, 9.17) is 5.11 Å². The topological polar surface area (TPSA) is 98.7 Å². The number of hydrogen-bond donors (Lipinski definition) is 3. The molecule has 1 aliphatic carbocycles. The van der Waals surface area contributed by atoms with Crippen LogP contribution in [0.15, 0.2) is 0 Å². The van der Waals surface area contributed by atoms with Gasteiger partial charge >= 0.3 is 12.0 Å². The molecule has 1 fully saturated rings. The third-order valence-electron chi connectivity index (χ3n) is 3.26. The summed E-state index contributed by atoms with van der Waals surface area (Å²) in [5.74, 6) is -0.891. The molecule has 7 nitrogen and oxygen atoms in total. The van der Waals surface area contributed by atoms with Crippen LogP contribution in [0, 0.1) is 0 Å². The van der Waals surface area contributed by atoms with Crippen LogP contribution >= 0.6 is 0 Å². The molecule has 1 saturated carbocycles. The van der Waals surface area contributed by atoms with Gasteiger partial charge in [-0.2, -0.15) is 0 Å². The Labute approximate surface area is 125 Å². The minimum Gasteiger partial charge on any atom is -0.481 e. The van der Waals surface area contributed by atoms with Crippen molar-refractivity contribution in [1.29, 1.82) is 0 Å². The Balaban J connectivity index is 1.98. The lowest BCUT2D eigenvalue weighted by molar-refractivity contribution is -0.137.